The van der Waals surface area contributed by atoms with Crippen molar-refractivity contribution < 1.29 is 27.9 Å². The highest BCUT2D eigenvalue weighted by atomic mass is 32.2. The number of carboxylic acid groups (broad SMARTS) is 1. The fourth-order valence-corrected chi connectivity index (χ4v) is 4.01. The summed E-state index contributed by atoms with van der Waals surface area (Å²) in [5, 5.41) is 17.2. The molecule has 1 amide bonds. The number of primary sulfonamides is 1. The van der Waals surface area contributed by atoms with E-state index in [9.17, 15) is 27.9 Å². The highest BCUT2D eigenvalue weighted by Gasteiger charge is 2.28. The van der Waals surface area contributed by atoms with E-state index >= 15 is 0 Å². The Morgan fingerprint density at radius 1 is 1.06 bits per heavy atom. The van der Waals surface area contributed by atoms with Gasteiger partial charge in [-0.1, -0.05) is 42.5 Å². The zero-order chi connectivity index (χ0) is 24.7. The maximum absolute atomic E-state index is 13.1. The maximum atomic E-state index is 13.1. The van der Waals surface area contributed by atoms with Crippen molar-refractivity contribution in [2.75, 3.05) is 0 Å². The molecule has 1 unspecified atom stereocenters. The van der Waals surface area contributed by atoms with Gasteiger partial charge in [-0.3, -0.25) is 9.59 Å². The van der Waals surface area contributed by atoms with Crippen molar-refractivity contribution in [1.82, 2.24) is 15.3 Å². The zero-order valence-corrected chi connectivity index (χ0v) is 18.9. The first-order valence-electron chi connectivity index (χ1n) is 10.3. The Balaban J connectivity index is 1.82. The second kappa shape index (κ2) is 10.9. The molecular weight excluding hydrogens is 460 g/mol. The summed E-state index contributed by atoms with van der Waals surface area (Å²) in [4.78, 5) is 44.2. The minimum absolute atomic E-state index is 0.0104. The second-order valence-corrected chi connectivity index (χ2v) is 9.33. The molecule has 0 fully saturated rings. The predicted molar refractivity (Wildman–Crippen MR) is 122 cm³/mol. The number of benzene rings is 2. The molecule has 10 nitrogen and oxygen atoms in total. The van der Waals surface area contributed by atoms with Crippen LogP contribution in [-0.2, 0) is 32.5 Å². The number of carbonyl (C=O) groups excluding carboxylic acids is 2. The summed E-state index contributed by atoms with van der Waals surface area (Å²) < 4.78 is 23.3. The number of Topliss-reactive ketones (excluding diaryl/α,β-unsaturated/α-hetero) is 1. The average molecular weight is 485 g/mol. The summed E-state index contributed by atoms with van der Waals surface area (Å²) in [6, 6.07) is 13.0. The molecule has 0 saturated carbocycles. The number of carbonyl (C=O) groups is 3. The van der Waals surface area contributed by atoms with Crippen molar-refractivity contribution in [3.05, 3.63) is 83.9 Å². The van der Waals surface area contributed by atoms with Crippen LogP contribution in [0.5, 0.6) is 0 Å². The number of aromatic amines is 1. The summed E-state index contributed by atoms with van der Waals surface area (Å²) in [6.07, 6.45) is 2.78. The molecule has 0 aliphatic heterocycles. The summed E-state index contributed by atoms with van der Waals surface area (Å²) in [6.45, 7) is 0. The summed E-state index contributed by atoms with van der Waals surface area (Å²) in [5.41, 5.74) is 1.40. The third-order valence-electron chi connectivity index (χ3n) is 5.21. The Bertz CT molecular complexity index is 1260. The van der Waals surface area contributed by atoms with E-state index in [2.05, 4.69) is 15.3 Å². The summed E-state index contributed by atoms with van der Waals surface area (Å²) in [5.74, 6) is -3.20. The van der Waals surface area contributed by atoms with Gasteiger partial charge in [0.25, 0.3) is 0 Å². The average Bonchev–Trinajstić information content (AvgIpc) is 3.31. The molecule has 0 radical (unpaired) electrons. The van der Waals surface area contributed by atoms with Gasteiger partial charge in [-0.15, -0.1) is 0 Å². The van der Waals surface area contributed by atoms with Crippen LogP contribution >= 0.6 is 0 Å². The van der Waals surface area contributed by atoms with Gasteiger partial charge in [0.2, 0.25) is 15.9 Å². The van der Waals surface area contributed by atoms with Crippen molar-refractivity contribution in [2.24, 2.45) is 11.1 Å². The largest absolute Gasteiger partial charge is 0.480 e. The molecule has 1 heterocycles. The van der Waals surface area contributed by atoms with Gasteiger partial charge in [-0.25, -0.2) is 23.3 Å². The highest BCUT2D eigenvalue weighted by molar-refractivity contribution is 7.89. The quantitative estimate of drug-likeness (QED) is 0.297. The standard InChI is InChI=1S/C23H24N4O6S/c24-34(32,33)19-8-4-7-16(10-19)21(28)11-17(9-15-5-2-1-3-6-15)22(29)27-20(23(30)31)12-18-13-25-14-26-18/h1-8,10,13-14,17,20H,9,11-12H2,(H,25,26)(H,27,29)(H,30,31)(H2,24,32,33)/t17?,20-/m1/s1. The van der Waals surface area contributed by atoms with Crippen LogP contribution in [0.2, 0.25) is 0 Å². The number of imidazole rings is 1. The number of amides is 1. The van der Waals surface area contributed by atoms with E-state index in [4.69, 9.17) is 5.14 Å². The number of aliphatic carboxylic acids is 1. The van der Waals surface area contributed by atoms with Gasteiger partial charge in [-0.2, -0.15) is 0 Å². The minimum atomic E-state index is -4.01. The Hall–Kier alpha value is -3.83. The Labute approximate surface area is 196 Å². The van der Waals surface area contributed by atoms with Crippen molar-refractivity contribution in [3.8, 4) is 0 Å². The molecule has 0 bridgehead atoms. The van der Waals surface area contributed by atoms with Crippen LogP contribution in [0.15, 0.2) is 72.0 Å². The van der Waals surface area contributed by atoms with Gasteiger partial charge in [0.05, 0.1) is 11.2 Å². The van der Waals surface area contributed by atoms with Crippen LogP contribution in [0.25, 0.3) is 0 Å². The highest BCUT2D eigenvalue weighted by Crippen LogP contribution is 2.19. The van der Waals surface area contributed by atoms with Crippen LogP contribution in [-0.4, -0.2) is 47.2 Å². The molecule has 34 heavy (non-hydrogen) atoms. The van der Waals surface area contributed by atoms with Crippen LogP contribution in [0, 0.1) is 5.92 Å². The molecule has 11 heteroatoms. The monoisotopic (exact) mass is 484 g/mol. The van der Waals surface area contributed by atoms with Crippen LogP contribution in [0.3, 0.4) is 0 Å². The second-order valence-electron chi connectivity index (χ2n) is 7.77. The van der Waals surface area contributed by atoms with Gasteiger partial charge in [0.1, 0.15) is 6.04 Å². The van der Waals surface area contributed by atoms with E-state index in [1.165, 1.54) is 30.7 Å². The van der Waals surface area contributed by atoms with Gasteiger partial charge < -0.3 is 15.4 Å². The van der Waals surface area contributed by atoms with Crippen molar-refractivity contribution in [2.45, 2.75) is 30.2 Å². The molecule has 0 spiro atoms. The van der Waals surface area contributed by atoms with Crippen LogP contribution in [0.4, 0.5) is 0 Å². The first-order chi connectivity index (χ1) is 16.1. The number of rotatable bonds is 11. The number of nitrogens with zero attached hydrogens (tertiary/aromatic N) is 1. The fourth-order valence-electron chi connectivity index (χ4n) is 3.45. The SMILES string of the molecule is NS(=O)(=O)c1cccc(C(=O)CC(Cc2ccccc2)C(=O)N[C@H](Cc2cnc[nH]2)C(=O)O)c1. The number of sulfonamides is 1. The van der Waals surface area contributed by atoms with Gasteiger partial charge >= 0.3 is 5.97 Å². The molecule has 0 saturated heterocycles. The molecule has 5 N–H and O–H groups in total. The fraction of sp³-hybridized carbons (Fsp3) is 0.217. The number of carboxylic acids is 1. The Morgan fingerprint density at radius 2 is 1.79 bits per heavy atom. The Kier molecular flexibility index (Phi) is 7.92. The normalized spacial score (nSPS) is 13.1. The van der Waals surface area contributed by atoms with Gasteiger partial charge in [0, 0.05) is 36.2 Å². The first-order valence-corrected chi connectivity index (χ1v) is 11.9. The first kappa shape index (κ1) is 24.8. The van der Waals surface area contributed by atoms with Crippen LogP contribution < -0.4 is 10.5 Å². The van der Waals surface area contributed by atoms with Crippen LogP contribution in [0.1, 0.15) is 28.0 Å². The molecule has 0 aliphatic carbocycles. The number of aromatic nitrogens is 2. The number of hydrogen-bond acceptors (Lipinski definition) is 6. The molecule has 2 aromatic carbocycles. The molecule has 0 aliphatic rings. The Morgan fingerprint density at radius 3 is 2.41 bits per heavy atom. The lowest BCUT2D eigenvalue weighted by Gasteiger charge is -2.20. The van der Waals surface area contributed by atoms with Crippen molar-refractivity contribution in [1.29, 1.82) is 0 Å². The lowest BCUT2D eigenvalue weighted by Crippen LogP contribution is -2.45. The molecule has 3 aromatic rings. The van der Waals surface area contributed by atoms with E-state index < -0.39 is 39.6 Å². The van der Waals surface area contributed by atoms with Crippen molar-refractivity contribution in [3.63, 3.8) is 0 Å². The molecule has 2 atom stereocenters. The summed E-state index contributed by atoms with van der Waals surface area (Å²) in [7, 11) is -4.01. The lowest BCUT2D eigenvalue weighted by atomic mass is 9.91. The maximum Gasteiger partial charge on any atom is 0.326 e. The van der Waals surface area contributed by atoms with E-state index in [1.807, 2.05) is 6.07 Å². The number of ketones is 1. The molecule has 178 valence electrons. The van der Waals surface area contributed by atoms with E-state index in [1.54, 1.807) is 24.3 Å². The molecular formula is C23H24N4O6S. The van der Waals surface area contributed by atoms with E-state index in [0.717, 1.165) is 11.6 Å². The molecule has 1 aromatic heterocycles. The minimum Gasteiger partial charge on any atom is -0.480 e. The third kappa shape index (κ3) is 6.83. The van der Waals surface area contributed by atoms with Gasteiger partial charge in [-0.05, 0) is 24.1 Å². The summed E-state index contributed by atoms with van der Waals surface area (Å²) >= 11 is 0. The van der Waals surface area contributed by atoms with Crippen molar-refractivity contribution >= 4 is 27.7 Å². The van der Waals surface area contributed by atoms with E-state index in [-0.39, 0.29) is 29.7 Å². The zero-order valence-electron chi connectivity index (χ0n) is 18.0. The van der Waals surface area contributed by atoms with Gasteiger partial charge in [0.15, 0.2) is 5.78 Å². The number of hydrogen-bond donors (Lipinski definition) is 4. The number of H-pyrrole nitrogens is 1. The lowest BCUT2D eigenvalue weighted by molar-refractivity contribution is -0.142. The third-order valence-corrected chi connectivity index (χ3v) is 6.12. The topological polar surface area (TPSA) is 172 Å². The predicted octanol–water partition coefficient (Wildman–Crippen LogP) is 1.30. The number of nitrogens with two attached hydrogens (primary N) is 1. The molecule has 3 rings (SSSR count). The van der Waals surface area contributed by atoms with E-state index in [0.29, 0.717) is 5.69 Å². The smallest absolute Gasteiger partial charge is 0.326 e. The number of nitrogens with one attached hydrogen (secondary N) is 2.